The average molecular weight is 192 g/mol. The highest BCUT2D eigenvalue weighted by Gasteiger charge is 2.35. The molecule has 0 aliphatic carbocycles. The van der Waals surface area contributed by atoms with E-state index in [1.165, 1.54) is 17.7 Å². The Morgan fingerprint density at radius 3 is 2.23 bits per heavy atom. The van der Waals surface area contributed by atoms with E-state index in [2.05, 4.69) is 0 Å². The van der Waals surface area contributed by atoms with Crippen LogP contribution in [0.5, 0.6) is 0 Å². The molecule has 0 radical (unpaired) electrons. The third-order valence-electron chi connectivity index (χ3n) is 1.78. The number of nitrogens with zero attached hydrogens (tertiary/aromatic N) is 1. The van der Waals surface area contributed by atoms with Crippen LogP contribution < -0.4 is 5.73 Å². The first-order valence-corrected chi connectivity index (χ1v) is 3.81. The molecule has 1 aromatic heterocycles. The van der Waals surface area contributed by atoms with E-state index in [4.69, 9.17) is 5.73 Å². The van der Waals surface area contributed by atoms with Crippen LogP contribution in [0.15, 0.2) is 12.4 Å². The molecule has 0 amide bonds. The molecule has 0 aliphatic rings. The molecule has 5 heteroatoms. The summed E-state index contributed by atoms with van der Waals surface area (Å²) in [7, 11) is 1.54. The SMILES string of the molecule is CC(N)c1cn(C)cc1C(F)(F)F. The summed E-state index contributed by atoms with van der Waals surface area (Å²) in [6.45, 7) is 1.53. The highest BCUT2D eigenvalue weighted by atomic mass is 19.4. The Balaban J connectivity index is 3.20. The Kier molecular flexibility index (Phi) is 2.38. The van der Waals surface area contributed by atoms with E-state index in [-0.39, 0.29) is 5.56 Å². The van der Waals surface area contributed by atoms with E-state index in [0.717, 1.165) is 6.20 Å². The molecule has 0 saturated heterocycles. The normalized spacial score (nSPS) is 14.6. The summed E-state index contributed by atoms with van der Waals surface area (Å²) in [6.07, 6.45) is -1.88. The quantitative estimate of drug-likeness (QED) is 0.725. The molecule has 1 atom stereocenters. The molecule has 13 heavy (non-hydrogen) atoms. The molecule has 0 bridgehead atoms. The summed E-state index contributed by atoms with van der Waals surface area (Å²) in [5, 5.41) is 0. The van der Waals surface area contributed by atoms with Crippen molar-refractivity contribution >= 4 is 0 Å². The first-order valence-electron chi connectivity index (χ1n) is 3.81. The maximum Gasteiger partial charge on any atom is 0.418 e. The fourth-order valence-electron chi connectivity index (χ4n) is 1.20. The van der Waals surface area contributed by atoms with Crippen LogP contribution in [0.4, 0.5) is 13.2 Å². The molecule has 0 spiro atoms. The third kappa shape index (κ3) is 2.03. The van der Waals surface area contributed by atoms with Crippen LogP contribution in [-0.4, -0.2) is 4.57 Å². The summed E-state index contributed by atoms with van der Waals surface area (Å²) < 4.78 is 38.4. The van der Waals surface area contributed by atoms with Gasteiger partial charge < -0.3 is 10.3 Å². The molecule has 0 fully saturated rings. The van der Waals surface area contributed by atoms with Crippen molar-refractivity contribution in [1.29, 1.82) is 0 Å². The molecule has 0 aliphatic heterocycles. The zero-order valence-electron chi connectivity index (χ0n) is 7.39. The van der Waals surface area contributed by atoms with Gasteiger partial charge in [-0.3, -0.25) is 0 Å². The Morgan fingerprint density at radius 1 is 1.38 bits per heavy atom. The molecule has 2 N–H and O–H groups in total. The molecule has 1 unspecified atom stereocenters. The second-order valence-electron chi connectivity index (χ2n) is 3.08. The van der Waals surface area contributed by atoms with Crippen LogP contribution in [0.1, 0.15) is 24.1 Å². The van der Waals surface area contributed by atoms with Crippen LogP contribution in [0.25, 0.3) is 0 Å². The number of aryl methyl sites for hydroxylation is 1. The molecule has 2 nitrogen and oxygen atoms in total. The van der Waals surface area contributed by atoms with Crippen LogP contribution in [0, 0.1) is 0 Å². The lowest BCUT2D eigenvalue weighted by molar-refractivity contribution is -0.138. The summed E-state index contributed by atoms with van der Waals surface area (Å²) in [6, 6.07) is -0.599. The molecule has 74 valence electrons. The van der Waals surface area contributed by atoms with Gasteiger partial charge in [0.2, 0.25) is 0 Å². The maximum absolute atomic E-state index is 12.4. The van der Waals surface area contributed by atoms with E-state index in [0.29, 0.717) is 0 Å². The van der Waals surface area contributed by atoms with Gasteiger partial charge in [-0.25, -0.2) is 0 Å². The summed E-state index contributed by atoms with van der Waals surface area (Å²) in [5.41, 5.74) is 4.90. The van der Waals surface area contributed by atoms with Crippen LogP contribution >= 0.6 is 0 Å². The van der Waals surface area contributed by atoms with Crippen molar-refractivity contribution in [1.82, 2.24) is 4.57 Å². The van der Waals surface area contributed by atoms with Gasteiger partial charge in [-0.1, -0.05) is 0 Å². The Morgan fingerprint density at radius 2 is 1.92 bits per heavy atom. The first kappa shape index (κ1) is 10.1. The molecule has 1 rings (SSSR count). The Bertz CT molecular complexity index is 299. The number of alkyl halides is 3. The molecule has 0 aromatic carbocycles. The van der Waals surface area contributed by atoms with Gasteiger partial charge in [-0.05, 0) is 12.5 Å². The summed E-state index contributed by atoms with van der Waals surface area (Å²) >= 11 is 0. The lowest BCUT2D eigenvalue weighted by atomic mass is 10.1. The van der Waals surface area contributed by atoms with Crippen molar-refractivity contribution in [3.63, 3.8) is 0 Å². The lowest BCUT2D eigenvalue weighted by Crippen LogP contribution is -2.12. The van der Waals surface area contributed by atoms with Gasteiger partial charge >= 0.3 is 6.18 Å². The smallest absolute Gasteiger partial charge is 0.356 e. The maximum atomic E-state index is 12.4. The van der Waals surface area contributed by atoms with Crippen molar-refractivity contribution in [2.24, 2.45) is 12.8 Å². The Hall–Kier alpha value is -0.970. The highest BCUT2D eigenvalue weighted by molar-refractivity contribution is 5.29. The van der Waals surface area contributed by atoms with Crippen molar-refractivity contribution in [3.05, 3.63) is 23.5 Å². The fourth-order valence-corrected chi connectivity index (χ4v) is 1.20. The predicted octanol–water partition coefficient (Wildman–Crippen LogP) is 2.06. The summed E-state index contributed by atoms with van der Waals surface area (Å²) in [4.78, 5) is 0. The van der Waals surface area contributed by atoms with Crippen LogP contribution in [-0.2, 0) is 13.2 Å². The number of aromatic nitrogens is 1. The highest BCUT2D eigenvalue weighted by Crippen LogP contribution is 2.34. The molecule has 1 heterocycles. The van der Waals surface area contributed by atoms with E-state index in [1.807, 2.05) is 0 Å². The minimum Gasteiger partial charge on any atom is -0.356 e. The lowest BCUT2D eigenvalue weighted by Gasteiger charge is -2.09. The third-order valence-corrected chi connectivity index (χ3v) is 1.78. The van der Waals surface area contributed by atoms with Crippen LogP contribution in [0.2, 0.25) is 0 Å². The zero-order chi connectivity index (χ0) is 10.2. The van der Waals surface area contributed by atoms with E-state index < -0.39 is 17.8 Å². The van der Waals surface area contributed by atoms with Gasteiger partial charge in [0.1, 0.15) is 0 Å². The first-order chi connectivity index (χ1) is 5.82. The largest absolute Gasteiger partial charge is 0.418 e. The number of hydrogen-bond acceptors (Lipinski definition) is 1. The molecular formula is C8H11F3N2. The number of rotatable bonds is 1. The van der Waals surface area contributed by atoms with Gasteiger partial charge in [0.25, 0.3) is 0 Å². The van der Waals surface area contributed by atoms with Gasteiger partial charge in [0.15, 0.2) is 0 Å². The minimum atomic E-state index is -4.32. The Labute approximate surface area is 74.1 Å². The van der Waals surface area contributed by atoms with Crippen molar-refractivity contribution in [2.45, 2.75) is 19.1 Å². The van der Waals surface area contributed by atoms with Gasteiger partial charge in [0.05, 0.1) is 5.56 Å². The minimum absolute atomic E-state index is 0.134. The van der Waals surface area contributed by atoms with Crippen molar-refractivity contribution in [3.8, 4) is 0 Å². The average Bonchev–Trinajstić information content (AvgIpc) is 2.29. The van der Waals surface area contributed by atoms with Crippen LogP contribution in [0.3, 0.4) is 0 Å². The monoisotopic (exact) mass is 192 g/mol. The summed E-state index contributed by atoms with van der Waals surface area (Å²) in [5.74, 6) is 0. The topological polar surface area (TPSA) is 30.9 Å². The fraction of sp³-hybridized carbons (Fsp3) is 0.500. The second-order valence-corrected chi connectivity index (χ2v) is 3.08. The zero-order valence-corrected chi connectivity index (χ0v) is 7.39. The van der Waals surface area contributed by atoms with Crippen molar-refractivity contribution < 1.29 is 13.2 Å². The standard InChI is InChI=1S/C8H11F3N2/c1-5(12)6-3-13(2)4-7(6)8(9,10)11/h3-5H,12H2,1-2H3. The van der Waals surface area contributed by atoms with Gasteiger partial charge in [-0.2, -0.15) is 13.2 Å². The van der Waals surface area contributed by atoms with E-state index in [1.54, 1.807) is 7.05 Å². The molecular weight excluding hydrogens is 181 g/mol. The molecule has 0 saturated carbocycles. The van der Waals surface area contributed by atoms with E-state index in [9.17, 15) is 13.2 Å². The van der Waals surface area contributed by atoms with Gasteiger partial charge in [-0.15, -0.1) is 0 Å². The molecule has 1 aromatic rings. The number of halogens is 3. The van der Waals surface area contributed by atoms with Gasteiger partial charge in [0, 0.05) is 25.5 Å². The second kappa shape index (κ2) is 3.06. The number of hydrogen-bond donors (Lipinski definition) is 1. The predicted molar refractivity (Wildman–Crippen MR) is 43.0 cm³/mol. The number of nitrogens with two attached hydrogens (primary N) is 1. The van der Waals surface area contributed by atoms with E-state index >= 15 is 0 Å². The van der Waals surface area contributed by atoms with Crippen molar-refractivity contribution in [2.75, 3.05) is 0 Å².